The SMILES string of the molecule is Cc1nn(C2CCOC2C)c(N)c1Br. The molecule has 1 aromatic heterocycles. The number of anilines is 1. The van der Waals surface area contributed by atoms with Crippen molar-refractivity contribution in [2.75, 3.05) is 12.3 Å². The predicted octanol–water partition coefficient (Wildman–Crippen LogP) is 1.89. The van der Waals surface area contributed by atoms with Gasteiger partial charge in [0.15, 0.2) is 0 Å². The Bertz CT molecular complexity index is 350. The summed E-state index contributed by atoms with van der Waals surface area (Å²) in [7, 11) is 0. The van der Waals surface area contributed by atoms with Gasteiger partial charge in [0.25, 0.3) is 0 Å². The third kappa shape index (κ3) is 1.44. The van der Waals surface area contributed by atoms with E-state index >= 15 is 0 Å². The maximum Gasteiger partial charge on any atom is 0.136 e. The molecular weight excluding hydrogens is 246 g/mol. The lowest BCUT2D eigenvalue weighted by Crippen LogP contribution is -2.19. The van der Waals surface area contributed by atoms with Crippen molar-refractivity contribution in [2.24, 2.45) is 0 Å². The Morgan fingerprint density at radius 1 is 1.64 bits per heavy atom. The van der Waals surface area contributed by atoms with Gasteiger partial charge < -0.3 is 10.5 Å². The van der Waals surface area contributed by atoms with Crippen LogP contribution < -0.4 is 5.73 Å². The highest BCUT2D eigenvalue weighted by Crippen LogP contribution is 2.32. The second kappa shape index (κ2) is 3.55. The molecule has 2 unspecified atom stereocenters. The van der Waals surface area contributed by atoms with E-state index in [0.717, 1.165) is 23.2 Å². The van der Waals surface area contributed by atoms with E-state index in [4.69, 9.17) is 10.5 Å². The van der Waals surface area contributed by atoms with Crippen molar-refractivity contribution in [1.29, 1.82) is 0 Å². The molecule has 2 rings (SSSR count). The zero-order chi connectivity index (χ0) is 10.3. The molecule has 14 heavy (non-hydrogen) atoms. The molecular formula is C9H14BrN3O. The minimum absolute atomic E-state index is 0.198. The fourth-order valence-electron chi connectivity index (χ4n) is 1.84. The van der Waals surface area contributed by atoms with Crippen LogP contribution in [0.15, 0.2) is 4.47 Å². The van der Waals surface area contributed by atoms with Crippen LogP contribution in [0.25, 0.3) is 0 Å². The summed E-state index contributed by atoms with van der Waals surface area (Å²) in [6.07, 6.45) is 1.18. The van der Waals surface area contributed by atoms with E-state index in [1.807, 2.05) is 11.6 Å². The highest BCUT2D eigenvalue weighted by molar-refractivity contribution is 9.10. The summed E-state index contributed by atoms with van der Waals surface area (Å²) >= 11 is 3.42. The van der Waals surface area contributed by atoms with Gasteiger partial charge in [0.05, 0.1) is 22.3 Å². The summed E-state index contributed by atoms with van der Waals surface area (Å²) in [4.78, 5) is 0. The topological polar surface area (TPSA) is 53.1 Å². The van der Waals surface area contributed by atoms with Gasteiger partial charge in [-0.25, -0.2) is 4.68 Å². The first kappa shape index (κ1) is 9.98. The monoisotopic (exact) mass is 259 g/mol. The zero-order valence-corrected chi connectivity index (χ0v) is 9.91. The maximum atomic E-state index is 5.94. The number of halogens is 1. The Morgan fingerprint density at radius 3 is 2.79 bits per heavy atom. The number of hydrogen-bond acceptors (Lipinski definition) is 3. The smallest absolute Gasteiger partial charge is 0.136 e. The van der Waals surface area contributed by atoms with Crippen LogP contribution >= 0.6 is 15.9 Å². The molecule has 4 nitrogen and oxygen atoms in total. The van der Waals surface area contributed by atoms with Gasteiger partial charge >= 0.3 is 0 Å². The number of hydrogen-bond donors (Lipinski definition) is 1. The van der Waals surface area contributed by atoms with Crippen LogP contribution in [0.1, 0.15) is 25.1 Å². The van der Waals surface area contributed by atoms with E-state index in [0.29, 0.717) is 5.82 Å². The van der Waals surface area contributed by atoms with E-state index in [2.05, 4.69) is 28.0 Å². The van der Waals surface area contributed by atoms with Gasteiger partial charge in [0, 0.05) is 6.61 Å². The highest BCUT2D eigenvalue weighted by atomic mass is 79.9. The lowest BCUT2D eigenvalue weighted by atomic mass is 10.2. The summed E-state index contributed by atoms with van der Waals surface area (Å²) < 4.78 is 8.26. The van der Waals surface area contributed by atoms with Gasteiger partial charge in [0.2, 0.25) is 0 Å². The molecule has 5 heteroatoms. The number of rotatable bonds is 1. The lowest BCUT2D eigenvalue weighted by molar-refractivity contribution is 0.105. The maximum absolute atomic E-state index is 5.94. The minimum atomic E-state index is 0.198. The molecule has 1 aliphatic heterocycles. The molecule has 0 saturated carbocycles. The number of aryl methyl sites for hydroxylation is 1. The molecule has 1 saturated heterocycles. The summed E-state index contributed by atoms with van der Waals surface area (Å²) in [5.41, 5.74) is 6.88. The van der Waals surface area contributed by atoms with Gasteiger partial charge in [-0.3, -0.25) is 0 Å². The zero-order valence-electron chi connectivity index (χ0n) is 8.33. The van der Waals surface area contributed by atoms with Gasteiger partial charge in [-0.1, -0.05) is 0 Å². The quantitative estimate of drug-likeness (QED) is 0.838. The normalized spacial score (nSPS) is 27.1. The molecule has 0 amide bonds. The van der Waals surface area contributed by atoms with Crippen molar-refractivity contribution in [3.8, 4) is 0 Å². The molecule has 1 fully saturated rings. The number of nitrogen functional groups attached to an aromatic ring is 1. The summed E-state index contributed by atoms with van der Waals surface area (Å²) in [5.74, 6) is 0.699. The Hall–Kier alpha value is -0.550. The number of ether oxygens (including phenoxy) is 1. The summed E-state index contributed by atoms with van der Waals surface area (Å²) in [6.45, 7) is 4.79. The first-order valence-corrected chi connectivity index (χ1v) is 5.52. The highest BCUT2D eigenvalue weighted by Gasteiger charge is 2.29. The summed E-state index contributed by atoms with van der Waals surface area (Å²) in [6, 6.07) is 0.278. The average molecular weight is 260 g/mol. The molecule has 2 atom stereocenters. The summed E-state index contributed by atoms with van der Waals surface area (Å²) in [5, 5.41) is 4.41. The second-order valence-corrected chi connectivity index (χ2v) is 4.45. The first-order valence-electron chi connectivity index (χ1n) is 4.73. The standard InChI is InChI=1S/C9H14BrN3O/c1-5-8(10)9(11)13(12-5)7-3-4-14-6(7)2/h6-7H,3-4,11H2,1-2H3. The van der Waals surface area contributed by atoms with Crippen LogP contribution in [-0.4, -0.2) is 22.5 Å². The molecule has 1 aliphatic rings. The molecule has 0 spiro atoms. The van der Waals surface area contributed by atoms with Crippen LogP contribution in [0, 0.1) is 6.92 Å². The van der Waals surface area contributed by atoms with Crippen molar-refractivity contribution >= 4 is 21.7 Å². The second-order valence-electron chi connectivity index (χ2n) is 3.66. The van der Waals surface area contributed by atoms with Crippen molar-refractivity contribution in [3.63, 3.8) is 0 Å². The Morgan fingerprint density at radius 2 is 2.36 bits per heavy atom. The van der Waals surface area contributed by atoms with E-state index in [9.17, 15) is 0 Å². The average Bonchev–Trinajstić information content (AvgIpc) is 2.66. The number of nitrogens with two attached hydrogens (primary N) is 1. The van der Waals surface area contributed by atoms with Gasteiger partial charge in [-0.05, 0) is 36.2 Å². The Kier molecular flexibility index (Phi) is 2.53. The van der Waals surface area contributed by atoms with Crippen LogP contribution in [0.5, 0.6) is 0 Å². The molecule has 0 aromatic carbocycles. The minimum Gasteiger partial charge on any atom is -0.383 e. The molecule has 0 bridgehead atoms. The van der Waals surface area contributed by atoms with Crippen LogP contribution in [0.3, 0.4) is 0 Å². The van der Waals surface area contributed by atoms with E-state index in [-0.39, 0.29) is 12.1 Å². The van der Waals surface area contributed by atoms with Crippen LogP contribution in [0.2, 0.25) is 0 Å². The van der Waals surface area contributed by atoms with Crippen molar-refractivity contribution in [3.05, 3.63) is 10.2 Å². The molecule has 2 heterocycles. The molecule has 1 aromatic rings. The predicted molar refractivity (Wildman–Crippen MR) is 58.1 cm³/mol. The van der Waals surface area contributed by atoms with Gasteiger partial charge in [-0.15, -0.1) is 0 Å². The van der Waals surface area contributed by atoms with Crippen molar-refractivity contribution in [2.45, 2.75) is 32.4 Å². The number of nitrogens with zero attached hydrogens (tertiary/aromatic N) is 2. The van der Waals surface area contributed by atoms with Crippen LogP contribution in [0.4, 0.5) is 5.82 Å². The van der Waals surface area contributed by atoms with E-state index in [1.54, 1.807) is 0 Å². The Balaban J connectivity index is 2.36. The van der Waals surface area contributed by atoms with Gasteiger partial charge in [-0.2, -0.15) is 5.10 Å². The fraction of sp³-hybridized carbons (Fsp3) is 0.667. The largest absolute Gasteiger partial charge is 0.383 e. The first-order chi connectivity index (χ1) is 6.61. The van der Waals surface area contributed by atoms with Crippen molar-refractivity contribution < 1.29 is 4.74 Å². The number of aromatic nitrogens is 2. The molecule has 2 N–H and O–H groups in total. The van der Waals surface area contributed by atoms with Crippen LogP contribution in [-0.2, 0) is 4.74 Å². The molecule has 78 valence electrons. The van der Waals surface area contributed by atoms with Crippen molar-refractivity contribution in [1.82, 2.24) is 9.78 Å². The van der Waals surface area contributed by atoms with Gasteiger partial charge in [0.1, 0.15) is 5.82 Å². The molecule has 0 radical (unpaired) electrons. The van der Waals surface area contributed by atoms with E-state index < -0.39 is 0 Å². The lowest BCUT2D eigenvalue weighted by Gasteiger charge is -2.15. The molecule has 0 aliphatic carbocycles. The van der Waals surface area contributed by atoms with E-state index in [1.165, 1.54) is 0 Å². The Labute approximate surface area is 91.5 Å². The fourth-order valence-corrected chi connectivity index (χ4v) is 2.10. The third-order valence-electron chi connectivity index (χ3n) is 2.70. The third-order valence-corrected chi connectivity index (χ3v) is 3.68.